The van der Waals surface area contributed by atoms with Crippen molar-refractivity contribution in [3.63, 3.8) is 0 Å². The number of aliphatic hydroxyl groups excluding tert-OH is 3. The maximum atomic E-state index is 11.5. The lowest BCUT2D eigenvalue weighted by Gasteiger charge is -2.11. The van der Waals surface area contributed by atoms with Crippen molar-refractivity contribution in [2.45, 2.75) is 59.3 Å². The van der Waals surface area contributed by atoms with Gasteiger partial charge in [-0.25, -0.2) is 0 Å². The number of aromatic hydroxyl groups is 3. The Labute approximate surface area is 281 Å². The predicted octanol–water partition coefficient (Wildman–Crippen LogP) is 5.24. The van der Waals surface area contributed by atoms with Gasteiger partial charge in [0.1, 0.15) is 34.5 Å². The van der Waals surface area contributed by atoms with Crippen molar-refractivity contribution in [1.29, 1.82) is 0 Å². The second kappa shape index (κ2) is 23.6. The summed E-state index contributed by atoms with van der Waals surface area (Å²) in [5.41, 5.74) is 1.28. The van der Waals surface area contributed by atoms with Crippen molar-refractivity contribution < 1.29 is 59.2 Å². The summed E-state index contributed by atoms with van der Waals surface area (Å²) < 4.78 is 16.5. The summed E-state index contributed by atoms with van der Waals surface area (Å²) in [6.07, 6.45) is 4.31. The molecule has 3 aromatic carbocycles. The van der Waals surface area contributed by atoms with Crippen LogP contribution in [0, 0.1) is 0 Å². The van der Waals surface area contributed by atoms with Gasteiger partial charge >= 0.3 is 0 Å². The smallest absolute Gasteiger partial charge is 0.160 e. The van der Waals surface area contributed by atoms with Crippen LogP contribution < -0.4 is 14.2 Å². The molecule has 12 heteroatoms. The van der Waals surface area contributed by atoms with E-state index in [0.29, 0.717) is 73.0 Å². The van der Waals surface area contributed by atoms with Crippen molar-refractivity contribution in [3.05, 3.63) is 71.3 Å². The van der Waals surface area contributed by atoms with E-state index in [2.05, 4.69) is 0 Å². The Hall–Kier alpha value is -4.65. The number of carbonyl (C=O) groups excluding carboxylic acids is 3. The average molecular weight is 673 g/mol. The summed E-state index contributed by atoms with van der Waals surface area (Å²) in [7, 11) is 0. The molecule has 3 aromatic rings. The van der Waals surface area contributed by atoms with E-state index in [0.717, 1.165) is 19.3 Å². The molecule has 0 unspecified atom stereocenters. The van der Waals surface area contributed by atoms with E-state index in [9.17, 15) is 19.5 Å². The van der Waals surface area contributed by atoms with Crippen LogP contribution in [-0.2, 0) is 0 Å². The average Bonchev–Trinajstić information content (AvgIpc) is 3.03. The lowest BCUT2D eigenvalue weighted by atomic mass is 10.1. The fourth-order valence-electron chi connectivity index (χ4n) is 3.82. The monoisotopic (exact) mass is 672 g/mol. The summed E-state index contributed by atoms with van der Waals surface area (Å²) in [6.45, 7) is 6.19. The van der Waals surface area contributed by atoms with Crippen LogP contribution in [0.3, 0.4) is 0 Å². The summed E-state index contributed by atoms with van der Waals surface area (Å²) in [5, 5.41) is 53.3. The fourth-order valence-corrected chi connectivity index (χ4v) is 3.82. The molecule has 12 nitrogen and oxygen atoms in total. The number of benzene rings is 3. The molecular formula is C36H48O12. The zero-order chi connectivity index (χ0) is 35.9. The van der Waals surface area contributed by atoms with Crippen LogP contribution >= 0.6 is 0 Å². The second-order valence-electron chi connectivity index (χ2n) is 10.7. The number of hydrogen-bond acceptors (Lipinski definition) is 12. The van der Waals surface area contributed by atoms with Gasteiger partial charge in [0.25, 0.3) is 0 Å². The van der Waals surface area contributed by atoms with Crippen LogP contribution in [0.4, 0.5) is 0 Å². The molecule has 0 fully saturated rings. The molecule has 0 aliphatic carbocycles. The van der Waals surface area contributed by atoms with Gasteiger partial charge in [0.2, 0.25) is 0 Å². The van der Waals surface area contributed by atoms with E-state index in [1.807, 2.05) is 0 Å². The van der Waals surface area contributed by atoms with Crippen molar-refractivity contribution >= 4 is 17.3 Å². The highest BCUT2D eigenvalue weighted by Gasteiger charge is 2.08. The van der Waals surface area contributed by atoms with E-state index in [1.54, 1.807) is 24.3 Å². The first-order valence-corrected chi connectivity index (χ1v) is 15.7. The Morgan fingerprint density at radius 3 is 1.06 bits per heavy atom. The number of aliphatic hydroxyl groups is 3. The van der Waals surface area contributed by atoms with Crippen LogP contribution in [0.15, 0.2) is 54.6 Å². The first-order valence-electron chi connectivity index (χ1n) is 15.7. The number of ketones is 3. The van der Waals surface area contributed by atoms with E-state index in [1.165, 1.54) is 51.1 Å². The van der Waals surface area contributed by atoms with Crippen LogP contribution in [0.2, 0.25) is 0 Å². The van der Waals surface area contributed by atoms with Crippen LogP contribution in [-0.4, -0.2) is 87.6 Å². The van der Waals surface area contributed by atoms with Crippen LogP contribution in [0.25, 0.3) is 0 Å². The molecule has 0 saturated carbocycles. The van der Waals surface area contributed by atoms with Gasteiger partial charge < -0.3 is 44.8 Å². The number of carbonyl (C=O) groups is 3. The molecule has 0 spiro atoms. The minimum atomic E-state index is -0.184. The minimum Gasteiger partial charge on any atom is -0.508 e. The molecule has 0 amide bonds. The molecule has 0 heterocycles. The molecule has 0 aliphatic rings. The highest BCUT2D eigenvalue weighted by Crippen LogP contribution is 2.25. The number of hydrogen-bond donors (Lipinski definition) is 6. The lowest BCUT2D eigenvalue weighted by Crippen LogP contribution is -2.03. The standard InChI is InChI=1S/C16H24O5.C12H16O4.C8H8O3/c1-13(19)14-10-15(20-8-4-2-6-17)12-16(11-14)21-9-5-3-7-18;1-9(14)10-6-11(15)8-12(7-10)16-5-3-2-4-13;1-5(9)6-2-7(10)4-8(11)3-6/h10-12,17-18H,2-9H2,1H3;6-8,13,15H,2-5H2,1H3;2-4,10-11H,1H3. The molecule has 48 heavy (non-hydrogen) atoms. The first-order chi connectivity index (χ1) is 22.9. The normalized spacial score (nSPS) is 10.1. The maximum Gasteiger partial charge on any atom is 0.160 e. The van der Waals surface area contributed by atoms with Gasteiger partial charge in [-0.05, 0) is 95.7 Å². The van der Waals surface area contributed by atoms with E-state index < -0.39 is 0 Å². The molecule has 0 bridgehead atoms. The first kappa shape index (κ1) is 41.4. The number of unbranched alkanes of at least 4 members (excludes halogenated alkanes) is 3. The molecule has 0 radical (unpaired) electrons. The number of rotatable bonds is 18. The van der Waals surface area contributed by atoms with E-state index in [-0.39, 0.29) is 54.4 Å². The Bertz CT molecular complexity index is 1370. The predicted molar refractivity (Wildman–Crippen MR) is 180 cm³/mol. The molecule has 0 saturated heterocycles. The Balaban J connectivity index is 0.000000378. The van der Waals surface area contributed by atoms with Crippen LogP contribution in [0.5, 0.6) is 34.5 Å². The highest BCUT2D eigenvalue weighted by molar-refractivity contribution is 5.95. The van der Waals surface area contributed by atoms with E-state index in [4.69, 9.17) is 39.7 Å². The number of ether oxygens (including phenoxy) is 3. The van der Waals surface area contributed by atoms with Gasteiger partial charge in [-0.3, -0.25) is 14.4 Å². The number of Topliss-reactive ketones (excluding diaryl/α,β-unsaturated/α-hetero) is 3. The van der Waals surface area contributed by atoms with Crippen molar-refractivity contribution in [2.75, 3.05) is 39.6 Å². The fraction of sp³-hybridized carbons (Fsp3) is 0.417. The second-order valence-corrected chi connectivity index (χ2v) is 10.7. The molecule has 0 atom stereocenters. The van der Waals surface area contributed by atoms with Crippen LogP contribution in [0.1, 0.15) is 90.4 Å². The topological polar surface area (TPSA) is 200 Å². The lowest BCUT2D eigenvalue weighted by molar-refractivity contribution is 0.100. The van der Waals surface area contributed by atoms with Crippen molar-refractivity contribution in [2.24, 2.45) is 0 Å². The highest BCUT2D eigenvalue weighted by atomic mass is 16.5. The van der Waals surface area contributed by atoms with Gasteiger partial charge in [-0.1, -0.05) is 0 Å². The third-order valence-electron chi connectivity index (χ3n) is 6.36. The van der Waals surface area contributed by atoms with Gasteiger partial charge in [-0.15, -0.1) is 0 Å². The largest absolute Gasteiger partial charge is 0.508 e. The zero-order valence-corrected chi connectivity index (χ0v) is 27.8. The zero-order valence-electron chi connectivity index (χ0n) is 27.8. The van der Waals surface area contributed by atoms with Gasteiger partial charge in [0.15, 0.2) is 17.3 Å². The summed E-state index contributed by atoms with van der Waals surface area (Å²) in [6, 6.07) is 13.4. The maximum absolute atomic E-state index is 11.5. The Morgan fingerprint density at radius 1 is 0.438 bits per heavy atom. The third kappa shape index (κ3) is 17.9. The van der Waals surface area contributed by atoms with E-state index >= 15 is 0 Å². The summed E-state index contributed by atoms with van der Waals surface area (Å²) >= 11 is 0. The number of phenols is 3. The molecule has 6 N–H and O–H groups in total. The molecular weight excluding hydrogens is 624 g/mol. The van der Waals surface area contributed by atoms with Gasteiger partial charge in [0.05, 0.1) is 19.8 Å². The molecule has 264 valence electrons. The Kier molecular flexibility index (Phi) is 20.4. The number of phenolic OH excluding ortho intramolecular Hbond substituents is 3. The Morgan fingerprint density at radius 2 is 0.729 bits per heavy atom. The third-order valence-corrected chi connectivity index (χ3v) is 6.36. The van der Waals surface area contributed by atoms with Gasteiger partial charge in [-0.2, -0.15) is 0 Å². The van der Waals surface area contributed by atoms with Crippen molar-refractivity contribution in [3.8, 4) is 34.5 Å². The quantitative estimate of drug-likeness (QED) is 0.0760. The minimum absolute atomic E-state index is 0.0184. The van der Waals surface area contributed by atoms with Gasteiger partial charge in [0, 0.05) is 54.7 Å². The summed E-state index contributed by atoms with van der Waals surface area (Å²) in [4.78, 5) is 33.4. The molecule has 0 aliphatic heterocycles. The summed E-state index contributed by atoms with van der Waals surface area (Å²) in [5.74, 6) is 1.14. The molecule has 0 aromatic heterocycles. The van der Waals surface area contributed by atoms with Crippen molar-refractivity contribution in [1.82, 2.24) is 0 Å². The molecule has 3 rings (SSSR count). The SMILES string of the molecule is CC(=O)c1cc(O)cc(O)c1.CC(=O)c1cc(O)cc(OCCCCO)c1.CC(=O)c1cc(OCCCCO)cc(OCCCCO)c1.